The van der Waals surface area contributed by atoms with Gasteiger partial charge in [0.25, 0.3) is 17.7 Å². The Labute approximate surface area is 167 Å². The van der Waals surface area contributed by atoms with E-state index in [1.165, 1.54) is 6.07 Å². The van der Waals surface area contributed by atoms with Crippen LogP contribution in [0.2, 0.25) is 10.0 Å². The number of carbonyl (C=O) groups is 3. The Morgan fingerprint density at radius 1 is 1.22 bits per heavy atom. The second-order valence-electron chi connectivity index (χ2n) is 7.46. The molecule has 0 unspecified atom stereocenters. The zero-order valence-electron chi connectivity index (χ0n) is 14.8. The first-order valence-corrected chi connectivity index (χ1v) is 9.96. The molecule has 5 atom stereocenters. The summed E-state index contributed by atoms with van der Waals surface area (Å²) in [5.41, 5.74) is 2.48. The molecule has 2 bridgehead atoms. The van der Waals surface area contributed by atoms with Gasteiger partial charge in [-0.05, 0) is 49.7 Å². The second-order valence-corrected chi connectivity index (χ2v) is 8.31. The number of hydrazine groups is 1. The topological polar surface area (TPSA) is 75.7 Å². The number of rotatable bonds is 5. The molecule has 0 spiro atoms. The van der Waals surface area contributed by atoms with Gasteiger partial charge in [-0.3, -0.25) is 19.8 Å². The molecule has 1 aromatic rings. The number of hydrogen-bond donors (Lipinski definition) is 1. The molecule has 27 heavy (non-hydrogen) atoms. The third kappa shape index (κ3) is 3.09. The van der Waals surface area contributed by atoms with E-state index >= 15 is 0 Å². The summed E-state index contributed by atoms with van der Waals surface area (Å²) in [7, 11) is 0. The van der Waals surface area contributed by atoms with E-state index in [1.807, 2.05) is 0 Å². The van der Waals surface area contributed by atoms with Gasteiger partial charge < -0.3 is 4.74 Å². The van der Waals surface area contributed by atoms with Gasteiger partial charge in [-0.2, -0.15) is 5.01 Å². The van der Waals surface area contributed by atoms with Crippen molar-refractivity contribution in [1.82, 2.24) is 10.4 Å². The summed E-state index contributed by atoms with van der Waals surface area (Å²) in [6.45, 7) is 1.77. The van der Waals surface area contributed by atoms with Crippen LogP contribution in [0.4, 0.5) is 0 Å². The first kappa shape index (κ1) is 18.6. The van der Waals surface area contributed by atoms with Crippen LogP contribution >= 0.6 is 23.2 Å². The van der Waals surface area contributed by atoms with Crippen LogP contribution in [0.25, 0.3) is 0 Å². The molecular weight excluding hydrogens is 391 g/mol. The molecule has 1 aromatic carbocycles. The predicted octanol–water partition coefficient (Wildman–Crippen LogP) is 3.21. The minimum Gasteiger partial charge on any atom is -0.479 e. The molecular formula is C19H20Cl2N2O4. The second kappa shape index (κ2) is 6.99. The number of amides is 3. The predicted molar refractivity (Wildman–Crippen MR) is 99.0 cm³/mol. The van der Waals surface area contributed by atoms with Crippen LogP contribution in [-0.2, 0) is 14.4 Å². The van der Waals surface area contributed by atoms with Crippen LogP contribution in [0.1, 0.15) is 32.6 Å². The van der Waals surface area contributed by atoms with E-state index in [0.29, 0.717) is 16.5 Å². The standard InChI is InChI=1S/C19H20Cl2N2O4/c1-2-13(27-14-8-11(20)5-6-12(14)21)17(24)22-23-18(25)15-9-3-4-10(7-9)16(15)19(23)26/h5-6,8-10,13,15-16H,2-4,7H2,1H3,(H,22,24)/t9-,10-,13-,15-,16-/m0/s1. The number of hydrogen-bond acceptors (Lipinski definition) is 4. The summed E-state index contributed by atoms with van der Waals surface area (Å²) < 4.78 is 5.69. The zero-order chi connectivity index (χ0) is 19.3. The monoisotopic (exact) mass is 410 g/mol. The molecule has 2 saturated carbocycles. The summed E-state index contributed by atoms with van der Waals surface area (Å²) >= 11 is 12.0. The summed E-state index contributed by atoms with van der Waals surface area (Å²) in [6.07, 6.45) is 2.35. The van der Waals surface area contributed by atoms with Crippen LogP contribution < -0.4 is 10.2 Å². The summed E-state index contributed by atoms with van der Waals surface area (Å²) in [6, 6.07) is 4.72. The lowest BCUT2D eigenvalue weighted by Crippen LogP contribution is -2.51. The minimum atomic E-state index is -0.904. The smallest absolute Gasteiger partial charge is 0.279 e. The zero-order valence-corrected chi connectivity index (χ0v) is 16.3. The van der Waals surface area contributed by atoms with E-state index in [0.717, 1.165) is 24.3 Å². The third-order valence-corrected chi connectivity index (χ3v) is 6.52. The average Bonchev–Trinajstić information content (AvgIpc) is 3.32. The molecule has 2 aliphatic carbocycles. The third-order valence-electron chi connectivity index (χ3n) is 5.98. The summed E-state index contributed by atoms with van der Waals surface area (Å²) in [5, 5.41) is 1.66. The minimum absolute atomic E-state index is 0.266. The first-order valence-electron chi connectivity index (χ1n) is 9.20. The lowest BCUT2D eigenvalue weighted by atomic mass is 9.81. The van der Waals surface area contributed by atoms with Gasteiger partial charge >= 0.3 is 0 Å². The van der Waals surface area contributed by atoms with Crippen molar-refractivity contribution in [2.45, 2.75) is 38.7 Å². The summed E-state index contributed by atoms with van der Waals surface area (Å²) in [4.78, 5) is 38.1. The van der Waals surface area contributed by atoms with Gasteiger partial charge in [0, 0.05) is 11.1 Å². The molecule has 0 radical (unpaired) electrons. The molecule has 0 aromatic heterocycles. The molecule has 4 rings (SSSR count). The number of benzene rings is 1. The van der Waals surface area contributed by atoms with Crippen LogP contribution in [0, 0.1) is 23.7 Å². The van der Waals surface area contributed by atoms with E-state index in [2.05, 4.69) is 5.43 Å². The number of carbonyl (C=O) groups excluding carboxylic acids is 3. The molecule has 1 saturated heterocycles. The Morgan fingerprint density at radius 3 is 2.44 bits per heavy atom. The van der Waals surface area contributed by atoms with Gasteiger partial charge in [0.05, 0.1) is 16.9 Å². The molecule has 1 N–H and O–H groups in total. The Morgan fingerprint density at radius 2 is 1.85 bits per heavy atom. The maximum Gasteiger partial charge on any atom is 0.279 e. The summed E-state index contributed by atoms with van der Waals surface area (Å²) in [5.74, 6) is -0.881. The molecule has 144 valence electrons. The van der Waals surface area contributed by atoms with Gasteiger partial charge in [0.15, 0.2) is 6.10 Å². The normalized spacial score (nSPS) is 29.8. The lowest BCUT2D eigenvalue weighted by Gasteiger charge is -2.22. The highest BCUT2D eigenvalue weighted by molar-refractivity contribution is 6.34. The van der Waals surface area contributed by atoms with E-state index < -0.39 is 12.0 Å². The van der Waals surface area contributed by atoms with Crippen LogP contribution in [0.3, 0.4) is 0 Å². The van der Waals surface area contributed by atoms with Crippen molar-refractivity contribution >= 4 is 40.9 Å². The van der Waals surface area contributed by atoms with E-state index in [-0.39, 0.29) is 41.2 Å². The van der Waals surface area contributed by atoms with Gasteiger partial charge in [0.1, 0.15) is 5.75 Å². The number of fused-ring (bicyclic) bond motifs is 5. The van der Waals surface area contributed by atoms with Crippen molar-refractivity contribution < 1.29 is 19.1 Å². The van der Waals surface area contributed by atoms with Gasteiger partial charge in [0.2, 0.25) is 0 Å². The number of nitrogens with one attached hydrogen (secondary N) is 1. The Kier molecular flexibility index (Phi) is 4.80. The quantitative estimate of drug-likeness (QED) is 0.756. The number of ether oxygens (including phenoxy) is 1. The highest BCUT2D eigenvalue weighted by Crippen LogP contribution is 2.55. The van der Waals surface area contributed by atoms with Crippen molar-refractivity contribution in [3.8, 4) is 5.75 Å². The van der Waals surface area contributed by atoms with Crippen molar-refractivity contribution in [3.63, 3.8) is 0 Å². The maximum atomic E-state index is 12.7. The van der Waals surface area contributed by atoms with Crippen molar-refractivity contribution in [1.29, 1.82) is 0 Å². The van der Waals surface area contributed by atoms with E-state index in [1.54, 1.807) is 19.1 Å². The molecule has 3 fully saturated rings. The van der Waals surface area contributed by atoms with Crippen LogP contribution in [0.15, 0.2) is 18.2 Å². The van der Waals surface area contributed by atoms with Gasteiger partial charge in [-0.25, -0.2) is 0 Å². The maximum absolute atomic E-state index is 12.7. The van der Waals surface area contributed by atoms with Crippen molar-refractivity contribution in [3.05, 3.63) is 28.2 Å². The van der Waals surface area contributed by atoms with Crippen LogP contribution in [0.5, 0.6) is 5.75 Å². The van der Waals surface area contributed by atoms with E-state index in [9.17, 15) is 14.4 Å². The molecule has 1 heterocycles. The molecule has 3 amide bonds. The highest BCUT2D eigenvalue weighted by Gasteiger charge is 2.61. The lowest BCUT2D eigenvalue weighted by molar-refractivity contribution is -0.152. The fourth-order valence-electron chi connectivity index (χ4n) is 4.74. The fourth-order valence-corrected chi connectivity index (χ4v) is 5.07. The number of imide groups is 1. The van der Waals surface area contributed by atoms with E-state index in [4.69, 9.17) is 27.9 Å². The molecule has 3 aliphatic rings. The molecule has 6 nitrogen and oxygen atoms in total. The first-order chi connectivity index (χ1) is 12.9. The largest absolute Gasteiger partial charge is 0.479 e. The Bertz CT molecular complexity index is 787. The average molecular weight is 411 g/mol. The Hall–Kier alpha value is -1.79. The fraction of sp³-hybridized carbons (Fsp3) is 0.526. The van der Waals surface area contributed by atoms with Crippen molar-refractivity contribution in [2.75, 3.05) is 0 Å². The molecule has 8 heteroatoms. The highest BCUT2D eigenvalue weighted by atomic mass is 35.5. The van der Waals surface area contributed by atoms with Crippen LogP contribution in [-0.4, -0.2) is 28.8 Å². The molecule has 1 aliphatic heterocycles. The van der Waals surface area contributed by atoms with Crippen molar-refractivity contribution in [2.24, 2.45) is 23.7 Å². The SMILES string of the molecule is CC[C@H](Oc1cc(Cl)ccc1Cl)C(=O)NN1C(=O)[C@H]2[C@H]3CC[C@@H](C3)[C@@H]2C1=O. The number of halogens is 2. The van der Waals surface area contributed by atoms with Gasteiger partial charge in [-0.1, -0.05) is 30.1 Å². The number of nitrogens with zero attached hydrogens (tertiary/aromatic N) is 1. The van der Waals surface area contributed by atoms with Gasteiger partial charge in [-0.15, -0.1) is 0 Å². The Balaban J connectivity index is 1.47.